The predicted molar refractivity (Wildman–Crippen MR) is 85.4 cm³/mol. The van der Waals surface area contributed by atoms with Crippen LogP contribution in [-0.2, 0) is 5.41 Å². The van der Waals surface area contributed by atoms with E-state index in [0.29, 0.717) is 0 Å². The SMILES string of the molecule is CCCCC(CC)CC(CC)(CN)c1ccccc1. The second-order valence-electron chi connectivity index (χ2n) is 5.82. The Balaban J connectivity index is 2.87. The van der Waals surface area contributed by atoms with E-state index in [-0.39, 0.29) is 5.41 Å². The summed E-state index contributed by atoms with van der Waals surface area (Å²) in [5, 5.41) is 0. The summed E-state index contributed by atoms with van der Waals surface area (Å²) < 4.78 is 0. The van der Waals surface area contributed by atoms with Gasteiger partial charge in [0.15, 0.2) is 0 Å². The second kappa shape index (κ2) is 8.37. The number of nitrogens with two attached hydrogens (primary N) is 1. The highest BCUT2D eigenvalue weighted by atomic mass is 14.6. The van der Waals surface area contributed by atoms with Gasteiger partial charge in [-0.2, -0.15) is 0 Å². The van der Waals surface area contributed by atoms with Gasteiger partial charge in [-0.1, -0.05) is 76.8 Å². The molecule has 0 heterocycles. The quantitative estimate of drug-likeness (QED) is 0.672. The molecule has 0 aliphatic rings. The highest BCUT2D eigenvalue weighted by Gasteiger charge is 2.31. The second-order valence-corrected chi connectivity index (χ2v) is 5.82. The molecule has 0 saturated heterocycles. The Kier molecular flexibility index (Phi) is 7.15. The fraction of sp³-hybridized carbons (Fsp3) is 0.667. The van der Waals surface area contributed by atoms with E-state index in [0.717, 1.165) is 18.9 Å². The lowest BCUT2D eigenvalue weighted by Gasteiger charge is -2.35. The number of rotatable bonds is 9. The first-order valence-corrected chi connectivity index (χ1v) is 7.98. The van der Waals surface area contributed by atoms with Crippen molar-refractivity contribution in [2.45, 2.75) is 64.7 Å². The van der Waals surface area contributed by atoms with Crippen molar-refractivity contribution in [3.8, 4) is 0 Å². The van der Waals surface area contributed by atoms with Crippen LogP contribution in [0.1, 0.15) is 64.9 Å². The molecule has 0 aliphatic heterocycles. The third-order valence-corrected chi connectivity index (χ3v) is 4.68. The average molecular weight is 261 g/mol. The molecule has 1 aromatic carbocycles. The lowest BCUT2D eigenvalue weighted by Crippen LogP contribution is -2.36. The summed E-state index contributed by atoms with van der Waals surface area (Å²) in [6, 6.07) is 10.9. The molecule has 1 nitrogen and oxygen atoms in total. The zero-order chi connectivity index (χ0) is 14.1. The predicted octanol–water partition coefficient (Wildman–Crippen LogP) is 4.90. The molecule has 2 unspecified atom stereocenters. The van der Waals surface area contributed by atoms with Crippen molar-refractivity contribution in [3.63, 3.8) is 0 Å². The van der Waals surface area contributed by atoms with Crippen molar-refractivity contribution in [1.29, 1.82) is 0 Å². The van der Waals surface area contributed by atoms with Gasteiger partial charge in [-0.25, -0.2) is 0 Å². The third-order valence-electron chi connectivity index (χ3n) is 4.68. The van der Waals surface area contributed by atoms with Crippen molar-refractivity contribution >= 4 is 0 Å². The van der Waals surface area contributed by atoms with Crippen LogP contribution in [0.2, 0.25) is 0 Å². The summed E-state index contributed by atoms with van der Waals surface area (Å²) in [5.74, 6) is 0.809. The highest BCUT2D eigenvalue weighted by Crippen LogP contribution is 2.36. The molecule has 108 valence electrons. The molecule has 0 amide bonds. The van der Waals surface area contributed by atoms with Gasteiger partial charge in [0, 0.05) is 12.0 Å². The first kappa shape index (κ1) is 16.2. The van der Waals surface area contributed by atoms with Gasteiger partial charge >= 0.3 is 0 Å². The Morgan fingerprint density at radius 2 is 1.79 bits per heavy atom. The number of benzene rings is 1. The molecule has 1 rings (SSSR count). The van der Waals surface area contributed by atoms with E-state index < -0.39 is 0 Å². The van der Waals surface area contributed by atoms with E-state index in [4.69, 9.17) is 5.73 Å². The summed E-state index contributed by atoms with van der Waals surface area (Å²) in [7, 11) is 0. The van der Waals surface area contributed by atoms with Crippen molar-refractivity contribution in [3.05, 3.63) is 35.9 Å². The van der Waals surface area contributed by atoms with Crippen LogP contribution < -0.4 is 5.73 Å². The summed E-state index contributed by atoms with van der Waals surface area (Å²) >= 11 is 0. The Bertz CT molecular complexity index is 327. The largest absolute Gasteiger partial charge is 0.330 e. The Morgan fingerprint density at radius 1 is 1.11 bits per heavy atom. The van der Waals surface area contributed by atoms with E-state index in [1.54, 1.807) is 0 Å². The molecular formula is C18H31N. The number of hydrogen-bond acceptors (Lipinski definition) is 1. The molecule has 2 N–H and O–H groups in total. The molecule has 2 atom stereocenters. The molecule has 0 radical (unpaired) electrons. The molecule has 0 aromatic heterocycles. The summed E-state index contributed by atoms with van der Waals surface area (Å²) in [5.41, 5.74) is 7.78. The average Bonchev–Trinajstić information content (AvgIpc) is 2.49. The van der Waals surface area contributed by atoms with Crippen molar-refractivity contribution in [2.75, 3.05) is 6.54 Å². The van der Waals surface area contributed by atoms with E-state index in [1.165, 1.54) is 37.7 Å². The van der Waals surface area contributed by atoms with Crippen LogP contribution in [0.3, 0.4) is 0 Å². The fourth-order valence-electron chi connectivity index (χ4n) is 3.10. The molecule has 1 aromatic rings. The van der Waals surface area contributed by atoms with E-state index in [2.05, 4.69) is 51.1 Å². The summed E-state index contributed by atoms with van der Waals surface area (Å²) in [6.07, 6.45) is 7.63. The van der Waals surface area contributed by atoms with Gasteiger partial charge in [0.2, 0.25) is 0 Å². The smallest absolute Gasteiger partial charge is 0.00755 e. The maximum Gasteiger partial charge on any atom is 0.00755 e. The van der Waals surface area contributed by atoms with Crippen LogP contribution in [-0.4, -0.2) is 6.54 Å². The lowest BCUT2D eigenvalue weighted by molar-refractivity contribution is 0.287. The minimum absolute atomic E-state index is 0.176. The van der Waals surface area contributed by atoms with Crippen LogP contribution in [0.25, 0.3) is 0 Å². The molecule has 0 aliphatic carbocycles. The topological polar surface area (TPSA) is 26.0 Å². The van der Waals surface area contributed by atoms with Crippen LogP contribution >= 0.6 is 0 Å². The zero-order valence-electron chi connectivity index (χ0n) is 13.0. The maximum absolute atomic E-state index is 6.18. The van der Waals surface area contributed by atoms with Crippen LogP contribution in [0, 0.1) is 5.92 Å². The maximum atomic E-state index is 6.18. The van der Waals surface area contributed by atoms with Crippen LogP contribution in [0.15, 0.2) is 30.3 Å². The number of hydrogen-bond donors (Lipinski definition) is 1. The lowest BCUT2D eigenvalue weighted by atomic mass is 9.70. The Labute approximate surface area is 119 Å². The summed E-state index contributed by atoms with van der Waals surface area (Å²) in [6.45, 7) is 7.64. The Hall–Kier alpha value is -0.820. The molecule has 0 fully saturated rings. The van der Waals surface area contributed by atoms with Gasteiger partial charge in [0.25, 0.3) is 0 Å². The van der Waals surface area contributed by atoms with Crippen LogP contribution in [0.4, 0.5) is 0 Å². The molecule has 0 bridgehead atoms. The number of unbranched alkanes of at least 4 members (excludes halogenated alkanes) is 1. The third kappa shape index (κ3) is 4.35. The van der Waals surface area contributed by atoms with Crippen molar-refractivity contribution < 1.29 is 0 Å². The Morgan fingerprint density at radius 3 is 2.26 bits per heavy atom. The van der Waals surface area contributed by atoms with Gasteiger partial charge in [0.1, 0.15) is 0 Å². The van der Waals surface area contributed by atoms with Crippen molar-refractivity contribution in [2.24, 2.45) is 11.7 Å². The minimum Gasteiger partial charge on any atom is -0.330 e. The van der Waals surface area contributed by atoms with E-state index in [9.17, 15) is 0 Å². The first-order valence-electron chi connectivity index (χ1n) is 7.98. The highest BCUT2D eigenvalue weighted by molar-refractivity contribution is 5.26. The molecule has 0 saturated carbocycles. The zero-order valence-corrected chi connectivity index (χ0v) is 13.0. The molecule has 0 spiro atoms. The van der Waals surface area contributed by atoms with E-state index >= 15 is 0 Å². The van der Waals surface area contributed by atoms with Gasteiger partial charge < -0.3 is 5.73 Å². The van der Waals surface area contributed by atoms with Crippen molar-refractivity contribution in [1.82, 2.24) is 0 Å². The first-order chi connectivity index (χ1) is 9.22. The molecule has 1 heteroatoms. The van der Waals surface area contributed by atoms with E-state index in [1.807, 2.05) is 0 Å². The molecule has 19 heavy (non-hydrogen) atoms. The molecular weight excluding hydrogens is 230 g/mol. The van der Waals surface area contributed by atoms with Gasteiger partial charge in [0.05, 0.1) is 0 Å². The van der Waals surface area contributed by atoms with Gasteiger partial charge in [-0.3, -0.25) is 0 Å². The standard InChI is InChI=1S/C18H31N/c1-4-7-11-16(5-2)14-18(6-3,15-19)17-12-9-8-10-13-17/h8-10,12-13,16H,4-7,11,14-15,19H2,1-3H3. The minimum atomic E-state index is 0.176. The van der Waals surface area contributed by atoms with Crippen LogP contribution in [0.5, 0.6) is 0 Å². The summed E-state index contributed by atoms with van der Waals surface area (Å²) in [4.78, 5) is 0. The normalized spacial score (nSPS) is 16.0. The monoisotopic (exact) mass is 261 g/mol. The fourth-order valence-corrected chi connectivity index (χ4v) is 3.10. The van der Waals surface area contributed by atoms with Gasteiger partial charge in [-0.15, -0.1) is 0 Å². The van der Waals surface area contributed by atoms with Gasteiger partial charge in [-0.05, 0) is 24.3 Å².